The van der Waals surface area contributed by atoms with E-state index in [1.165, 1.54) is 25.3 Å². The van der Waals surface area contributed by atoms with Gasteiger partial charge in [0.1, 0.15) is 6.04 Å². The molecule has 0 saturated carbocycles. The fourth-order valence-corrected chi connectivity index (χ4v) is 2.61. The minimum absolute atomic E-state index is 0.0665. The smallest absolute Gasteiger partial charge is 0.328 e. The van der Waals surface area contributed by atoms with Crippen molar-refractivity contribution >= 4 is 17.6 Å². The first kappa shape index (κ1) is 19.1. The number of non-ortho nitro benzene ring substituents is 1. The third kappa shape index (κ3) is 5.14. The zero-order valence-corrected chi connectivity index (χ0v) is 14.6. The Morgan fingerprint density at radius 1 is 1.19 bits per heavy atom. The van der Waals surface area contributed by atoms with E-state index in [1.54, 1.807) is 6.07 Å². The summed E-state index contributed by atoms with van der Waals surface area (Å²) in [7, 11) is 1.26. The third-order valence-electron chi connectivity index (χ3n) is 3.99. The minimum Gasteiger partial charge on any atom is -0.467 e. The maximum absolute atomic E-state index is 12.3. The highest BCUT2D eigenvalue weighted by Crippen LogP contribution is 2.14. The van der Waals surface area contributed by atoms with E-state index in [2.05, 4.69) is 5.32 Å². The number of carbonyl (C=O) groups excluding carboxylic acids is 2. The summed E-state index contributed by atoms with van der Waals surface area (Å²) in [5.41, 5.74) is 2.35. The lowest BCUT2D eigenvalue weighted by atomic mass is 10.0. The second kappa shape index (κ2) is 8.75. The van der Waals surface area contributed by atoms with Crippen LogP contribution in [0, 0.1) is 17.0 Å². The Kier molecular flexibility index (Phi) is 6.43. The molecule has 0 unspecified atom stereocenters. The molecule has 0 aliphatic rings. The van der Waals surface area contributed by atoms with Crippen LogP contribution in [0.25, 0.3) is 0 Å². The van der Waals surface area contributed by atoms with Gasteiger partial charge in [-0.3, -0.25) is 14.9 Å². The number of nitrogens with zero attached hydrogens (tertiary/aromatic N) is 1. The Morgan fingerprint density at radius 3 is 2.58 bits per heavy atom. The first-order valence-electron chi connectivity index (χ1n) is 8.05. The molecule has 1 atom stereocenters. The molecule has 7 heteroatoms. The number of rotatable bonds is 7. The van der Waals surface area contributed by atoms with Gasteiger partial charge in [-0.05, 0) is 23.6 Å². The SMILES string of the molecule is COC(=O)[C@H](Cc1ccccc1C)NC(=O)Cc1cccc([N+](=O)[O-])c1. The van der Waals surface area contributed by atoms with Gasteiger partial charge in [0.2, 0.25) is 5.91 Å². The maximum Gasteiger partial charge on any atom is 0.328 e. The number of aryl methyl sites for hydroxylation is 1. The van der Waals surface area contributed by atoms with Gasteiger partial charge < -0.3 is 10.1 Å². The molecule has 2 aromatic carbocycles. The summed E-state index contributed by atoms with van der Waals surface area (Å²) in [6, 6.07) is 12.6. The normalized spacial score (nSPS) is 11.5. The summed E-state index contributed by atoms with van der Waals surface area (Å²) < 4.78 is 4.78. The van der Waals surface area contributed by atoms with Gasteiger partial charge in [-0.25, -0.2) is 4.79 Å². The number of carbonyl (C=O) groups is 2. The number of nitro benzene ring substituents is 1. The molecular formula is C19H20N2O5. The van der Waals surface area contributed by atoms with Crippen LogP contribution in [-0.4, -0.2) is 30.0 Å². The highest BCUT2D eigenvalue weighted by atomic mass is 16.6. The minimum atomic E-state index is -0.827. The van der Waals surface area contributed by atoms with Crippen molar-refractivity contribution in [2.75, 3.05) is 7.11 Å². The number of benzene rings is 2. The summed E-state index contributed by atoms with van der Waals surface area (Å²) >= 11 is 0. The quantitative estimate of drug-likeness (QED) is 0.466. The van der Waals surface area contributed by atoms with E-state index in [9.17, 15) is 19.7 Å². The van der Waals surface area contributed by atoms with Crippen LogP contribution in [0.2, 0.25) is 0 Å². The number of hydrogen-bond acceptors (Lipinski definition) is 5. The average molecular weight is 356 g/mol. The fraction of sp³-hybridized carbons (Fsp3) is 0.263. The Hall–Kier alpha value is -3.22. The van der Waals surface area contributed by atoms with Crippen molar-refractivity contribution in [1.82, 2.24) is 5.32 Å². The van der Waals surface area contributed by atoms with Crippen molar-refractivity contribution in [2.24, 2.45) is 0 Å². The molecule has 0 aromatic heterocycles. The summed E-state index contributed by atoms with van der Waals surface area (Å²) in [5, 5.41) is 13.5. The van der Waals surface area contributed by atoms with Gasteiger partial charge >= 0.3 is 5.97 Å². The van der Waals surface area contributed by atoms with Crippen LogP contribution in [0.4, 0.5) is 5.69 Å². The molecule has 0 aliphatic carbocycles. The lowest BCUT2D eigenvalue weighted by molar-refractivity contribution is -0.384. The van der Waals surface area contributed by atoms with E-state index in [-0.39, 0.29) is 12.1 Å². The van der Waals surface area contributed by atoms with Crippen LogP contribution in [0.3, 0.4) is 0 Å². The standard InChI is InChI=1S/C19H20N2O5/c1-13-6-3-4-8-15(13)12-17(19(23)26-2)20-18(22)11-14-7-5-9-16(10-14)21(24)25/h3-10,17H,11-12H2,1-2H3,(H,20,22)/t17-/m0/s1. The van der Waals surface area contributed by atoms with Gasteiger partial charge in [-0.2, -0.15) is 0 Å². The molecular weight excluding hydrogens is 336 g/mol. The monoisotopic (exact) mass is 356 g/mol. The molecule has 0 heterocycles. The van der Waals surface area contributed by atoms with Crippen molar-refractivity contribution in [3.8, 4) is 0 Å². The van der Waals surface area contributed by atoms with Crippen molar-refractivity contribution in [1.29, 1.82) is 0 Å². The molecule has 0 fully saturated rings. The second-order valence-electron chi connectivity index (χ2n) is 5.88. The number of ether oxygens (including phenoxy) is 1. The van der Waals surface area contributed by atoms with E-state index < -0.39 is 22.8 Å². The molecule has 0 radical (unpaired) electrons. The predicted molar refractivity (Wildman–Crippen MR) is 95.6 cm³/mol. The van der Waals surface area contributed by atoms with E-state index in [4.69, 9.17) is 4.74 Å². The average Bonchev–Trinajstić information content (AvgIpc) is 2.62. The first-order valence-corrected chi connectivity index (χ1v) is 8.05. The molecule has 0 bridgehead atoms. The van der Waals surface area contributed by atoms with Crippen LogP contribution < -0.4 is 5.32 Å². The number of esters is 1. The molecule has 1 amide bonds. The van der Waals surface area contributed by atoms with Gasteiger partial charge in [0.25, 0.3) is 5.69 Å². The van der Waals surface area contributed by atoms with Crippen molar-refractivity contribution < 1.29 is 19.2 Å². The molecule has 2 rings (SSSR count). The Morgan fingerprint density at radius 2 is 1.92 bits per heavy atom. The number of amides is 1. The van der Waals surface area contributed by atoms with Crippen LogP contribution in [0.5, 0.6) is 0 Å². The van der Waals surface area contributed by atoms with E-state index in [0.29, 0.717) is 12.0 Å². The van der Waals surface area contributed by atoms with Crippen molar-refractivity contribution in [3.63, 3.8) is 0 Å². The van der Waals surface area contributed by atoms with E-state index >= 15 is 0 Å². The third-order valence-corrected chi connectivity index (χ3v) is 3.99. The van der Waals surface area contributed by atoms with Gasteiger partial charge in [-0.15, -0.1) is 0 Å². The zero-order valence-electron chi connectivity index (χ0n) is 14.6. The summed E-state index contributed by atoms with van der Waals surface area (Å²) in [6.07, 6.45) is 0.239. The Labute approximate surface area is 151 Å². The largest absolute Gasteiger partial charge is 0.467 e. The molecule has 136 valence electrons. The molecule has 0 aliphatic heterocycles. The van der Waals surface area contributed by atoms with E-state index in [0.717, 1.165) is 11.1 Å². The van der Waals surface area contributed by atoms with Crippen LogP contribution in [0.1, 0.15) is 16.7 Å². The van der Waals surface area contributed by atoms with Crippen LogP contribution >= 0.6 is 0 Å². The molecule has 0 spiro atoms. The van der Waals surface area contributed by atoms with E-state index in [1.807, 2.05) is 31.2 Å². The summed E-state index contributed by atoms with van der Waals surface area (Å²) in [6.45, 7) is 1.93. The van der Waals surface area contributed by atoms with Crippen molar-refractivity contribution in [3.05, 3.63) is 75.3 Å². The predicted octanol–water partition coefficient (Wildman–Crippen LogP) is 2.35. The highest BCUT2D eigenvalue weighted by Gasteiger charge is 2.23. The van der Waals surface area contributed by atoms with Gasteiger partial charge in [0.05, 0.1) is 18.5 Å². The lowest BCUT2D eigenvalue weighted by Gasteiger charge is -2.17. The number of methoxy groups -OCH3 is 1. The summed E-state index contributed by atoms with van der Waals surface area (Å²) in [5.74, 6) is -0.949. The summed E-state index contributed by atoms with van der Waals surface area (Å²) in [4.78, 5) is 34.7. The topological polar surface area (TPSA) is 98.5 Å². The van der Waals surface area contributed by atoms with Gasteiger partial charge in [0.15, 0.2) is 0 Å². The number of nitrogens with one attached hydrogen (secondary N) is 1. The van der Waals surface area contributed by atoms with Gasteiger partial charge in [-0.1, -0.05) is 36.4 Å². The maximum atomic E-state index is 12.3. The Balaban J connectivity index is 2.09. The molecule has 7 nitrogen and oxygen atoms in total. The first-order chi connectivity index (χ1) is 12.4. The zero-order chi connectivity index (χ0) is 19.1. The Bertz CT molecular complexity index is 819. The molecule has 1 N–H and O–H groups in total. The van der Waals surface area contributed by atoms with Crippen LogP contribution in [0.15, 0.2) is 48.5 Å². The number of nitro groups is 1. The molecule has 0 saturated heterocycles. The number of hydrogen-bond donors (Lipinski definition) is 1. The van der Waals surface area contributed by atoms with Gasteiger partial charge in [0, 0.05) is 18.6 Å². The van der Waals surface area contributed by atoms with Crippen molar-refractivity contribution in [2.45, 2.75) is 25.8 Å². The highest BCUT2D eigenvalue weighted by molar-refractivity contribution is 5.86. The van der Waals surface area contributed by atoms with Crippen LogP contribution in [-0.2, 0) is 27.2 Å². The lowest BCUT2D eigenvalue weighted by Crippen LogP contribution is -2.43. The molecule has 26 heavy (non-hydrogen) atoms. The second-order valence-corrected chi connectivity index (χ2v) is 5.88. The molecule has 2 aromatic rings. The fourth-order valence-electron chi connectivity index (χ4n) is 2.61.